The lowest BCUT2D eigenvalue weighted by Gasteiger charge is -2.08. The lowest BCUT2D eigenvalue weighted by molar-refractivity contribution is 0.102. The van der Waals surface area contributed by atoms with Gasteiger partial charge in [0.15, 0.2) is 0 Å². The minimum Gasteiger partial charge on any atom is -0.319 e. The maximum absolute atomic E-state index is 13.7. The number of nitrogens with zero attached hydrogens (tertiary/aromatic N) is 2. The molecule has 0 aliphatic heterocycles. The number of aromatic nitrogens is 2. The molecule has 0 radical (unpaired) electrons. The van der Waals surface area contributed by atoms with E-state index in [0.29, 0.717) is 10.7 Å². The van der Waals surface area contributed by atoms with Gasteiger partial charge in [-0.05, 0) is 36.4 Å². The van der Waals surface area contributed by atoms with Crippen molar-refractivity contribution in [3.63, 3.8) is 0 Å². The van der Waals surface area contributed by atoms with Gasteiger partial charge in [0.05, 0.1) is 17.6 Å². The van der Waals surface area contributed by atoms with Crippen LogP contribution >= 0.6 is 11.6 Å². The number of imidazole rings is 1. The van der Waals surface area contributed by atoms with Crippen LogP contribution in [0.5, 0.6) is 0 Å². The third-order valence-electron chi connectivity index (χ3n) is 4.09. The van der Waals surface area contributed by atoms with Gasteiger partial charge in [0.1, 0.15) is 17.3 Å². The van der Waals surface area contributed by atoms with E-state index in [1.54, 1.807) is 36.7 Å². The third-order valence-corrected chi connectivity index (χ3v) is 4.34. The topological polar surface area (TPSA) is 46.4 Å². The number of rotatable bonds is 3. The van der Waals surface area contributed by atoms with Crippen molar-refractivity contribution in [2.24, 2.45) is 0 Å². The van der Waals surface area contributed by atoms with Crippen molar-refractivity contribution in [1.82, 2.24) is 9.38 Å². The van der Waals surface area contributed by atoms with Crippen LogP contribution in [0.2, 0.25) is 5.02 Å². The zero-order valence-corrected chi connectivity index (χ0v) is 14.5. The minimum absolute atomic E-state index is 0.218. The Morgan fingerprint density at radius 2 is 1.81 bits per heavy atom. The van der Waals surface area contributed by atoms with E-state index in [9.17, 15) is 13.6 Å². The summed E-state index contributed by atoms with van der Waals surface area (Å²) in [6, 6.07) is 13.4. The number of benzene rings is 2. The second kappa shape index (κ2) is 6.81. The maximum atomic E-state index is 13.7. The van der Waals surface area contributed by atoms with Crippen LogP contribution in [0.3, 0.4) is 0 Å². The molecule has 0 spiro atoms. The summed E-state index contributed by atoms with van der Waals surface area (Å²) in [5.74, 6) is -1.90. The minimum atomic E-state index is -0.711. The fraction of sp³-hybridized carbons (Fsp3) is 0. The van der Waals surface area contributed by atoms with Crippen LogP contribution in [0.15, 0.2) is 67.0 Å². The van der Waals surface area contributed by atoms with Crippen LogP contribution in [0.1, 0.15) is 10.4 Å². The first-order valence-corrected chi connectivity index (χ1v) is 8.38. The first-order chi connectivity index (χ1) is 13.0. The third kappa shape index (κ3) is 3.39. The normalized spacial score (nSPS) is 10.9. The van der Waals surface area contributed by atoms with Gasteiger partial charge in [-0.25, -0.2) is 13.8 Å². The molecule has 0 unspecified atom stereocenters. The number of amides is 1. The fourth-order valence-electron chi connectivity index (χ4n) is 2.74. The molecular formula is C20H12ClF2N3O. The number of carbonyl (C=O) groups excluding carboxylic acids is 1. The van der Waals surface area contributed by atoms with Crippen molar-refractivity contribution in [3.8, 4) is 11.3 Å². The average molecular weight is 384 g/mol. The van der Waals surface area contributed by atoms with Gasteiger partial charge in [0, 0.05) is 28.4 Å². The maximum Gasteiger partial charge on any atom is 0.255 e. The predicted octanol–water partition coefficient (Wildman–Crippen LogP) is 5.19. The van der Waals surface area contributed by atoms with E-state index >= 15 is 0 Å². The number of pyridine rings is 1. The summed E-state index contributed by atoms with van der Waals surface area (Å²) in [5, 5.41) is 3.01. The van der Waals surface area contributed by atoms with Gasteiger partial charge in [0.2, 0.25) is 0 Å². The molecule has 0 fully saturated rings. The Hall–Kier alpha value is -3.25. The molecule has 0 saturated heterocycles. The van der Waals surface area contributed by atoms with Crippen LogP contribution in [0, 0.1) is 11.6 Å². The number of fused-ring (bicyclic) bond motifs is 1. The lowest BCUT2D eigenvalue weighted by atomic mass is 10.1. The molecule has 0 atom stereocenters. The van der Waals surface area contributed by atoms with E-state index in [-0.39, 0.29) is 11.3 Å². The number of hydrogen-bond donors (Lipinski definition) is 1. The van der Waals surface area contributed by atoms with Gasteiger partial charge in [-0.1, -0.05) is 23.7 Å². The molecule has 0 bridgehead atoms. The Morgan fingerprint density at radius 3 is 2.59 bits per heavy atom. The molecule has 4 aromatic rings. The summed E-state index contributed by atoms with van der Waals surface area (Å²) in [6.07, 6.45) is 3.38. The summed E-state index contributed by atoms with van der Waals surface area (Å²) in [4.78, 5) is 16.7. The average Bonchev–Trinajstić information content (AvgIpc) is 3.08. The number of carbonyl (C=O) groups is 1. The smallest absolute Gasteiger partial charge is 0.255 e. The van der Waals surface area contributed by atoms with Crippen LogP contribution in [-0.2, 0) is 0 Å². The molecule has 7 heteroatoms. The Labute approximate surface area is 158 Å². The number of anilines is 1. The summed E-state index contributed by atoms with van der Waals surface area (Å²) < 4.78 is 28.8. The largest absolute Gasteiger partial charge is 0.319 e. The molecule has 134 valence electrons. The zero-order valence-electron chi connectivity index (χ0n) is 13.8. The molecule has 0 aliphatic carbocycles. The molecule has 27 heavy (non-hydrogen) atoms. The first-order valence-electron chi connectivity index (χ1n) is 8.01. The number of nitrogens with one attached hydrogen (secondary N) is 1. The highest BCUT2D eigenvalue weighted by Gasteiger charge is 2.13. The Kier molecular flexibility index (Phi) is 4.33. The molecule has 1 amide bonds. The van der Waals surface area contributed by atoms with Crippen molar-refractivity contribution < 1.29 is 13.6 Å². The molecule has 0 aliphatic rings. The molecule has 1 N–H and O–H groups in total. The lowest BCUT2D eigenvalue weighted by Crippen LogP contribution is -2.13. The van der Waals surface area contributed by atoms with E-state index in [1.807, 2.05) is 16.5 Å². The van der Waals surface area contributed by atoms with Crippen molar-refractivity contribution in [1.29, 1.82) is 0 Å². The SMILES string of the molecule is O=C(Nc1cc(F)ccc1F)c1ccn2c(-c3ccc(Cl)cc3)cnc2c1. The van der Waals surface area contributed by atoms with Gasteiger partial charge >= 0.3 is 0 Å². The molecule has 2 heterocycles. The van der Waals surface area contributed by atoms with Crippen LogP contribution in [0.4, 0.5) is 14.5 Å². The molecular weight excluding hydrogens is 372 g/mol. The first kappa shape index (κ1) is 17.2. The highest BCUT2D eigenvalue weighted by molar-refractivity contribution is 6.30. The second-order valence-corrected chi connectivity index (χ2v) is 6.31. The van der Waals surface area contributed by atoms with Crippen LogP contribution in [-0.4, -0.2) is 15.3 Å². The van der Waals surface area contributed by atoms with Crippen molar-refractivity contribution >= 4 is 28.8 Å². The predicted molar refractivity (Wildman–Crippen MR) is 99.9 cm³/mol. The zero-order chi connectivity index (χ0) is 19.0. The monoisotopic (exact) mass is 383 g/mol. The molecule has 4 nitrogen and oxygen atoms in total. The number of hydrogen-bond acceptors (Lipinski definition) is 2. The van der Waals surface area contributed by atoms with Gasteiger partial charge in [-0.15, -0.1) is 0 Å². The molecule has 2 aromatic heterocycles. The van der Waals surface area contributed by atoms with E-state index in [2.05, 4.69) is 10.3 Å². The van der Waals surface area contributed by atoms with Crippen molar-refractivity contribution in [2.45, 2.75) is 0 Å². The summed E-state index contributed by atoms with van der Waals surface area (Å²) in [6.45, 7) is 0. The van der Waals surface area contributed by atoms with Gasteiger partial charge < -0.3 is 5.32 Å². The van der Waals surface area contributed by atoms with Crippen LogP contribution in [0.25, 0.3) is 16.9 Å². The highest BCUT2D eigenvalue weighted by atomic mass is 35.5. The highest BCUT2D eigenvalue weighted by Crippen LogP contribution is 2.23. The Bertz CT molecular complexity index is 1160. The summed E-state index contributed by atoms with van der Waals surface area (Å²) >= 11 is 5.92. The standard InChI is InChI=1S/C20H12ClF2N3O/c21-14-3-1-12(2-4-14)18-11-24-19-9-13(7-8-26(18)19)20(27)25-17-10-15(22)5-6-16(17)23/h1-11H,(H,25,27). The van der Waals surface area contributed by atoms with E-state index in [4.69, 9.17) is 11.6 Å². The Morgan fingerprint density at radius 1 is 1.04 bits per heavy atom. The Balaban J connectivity index is 1.65. The van der Waals surface area contributed by atoms with E-state index in [0.717, 1.165) is 29.5 Å². The number of halogens is 3. The van der Waals surface area contributed by atoms with Crippen LogP contribution < -0.4 is 5.32 Å². The van der Waals surface area contributed by atoms with Gasteiger partial charge in [0.25, 0.3) is 5.91 Å². The fourth-order valence-corrected chi connectivity index (χ4v) is 2.87. The summed E-state index contributed by atoms with van der Waals surface area (Å²) in [5.41, 5.74) is 2.37. The molecule has 0 saturated carbocycles. The second-order valence-electron chi connectivity index (χ2n) is 5.87. The van der Waals surface area contributed by atoms with E-state index in [1.165, 1.54) is 0 Å². The van der Waals surface area contributed by atoms with Gasteiger partial charge in [-0.2, -0.15) is 0 Å². The van der Waals surface area contributed by atoms with Crippen molar-refractivity contribution in [3.05, 3.63) is 89.2 Å². The molecule has 4 rings (SSSR count). The van der Waals surface area contributed by atoms with Crippen molar-refractivity contribution in [2.75, 3.05) is 5.32 Å². The summed E-state index contributed by atoms with van der Waals surface area (Å²) in [7, 11) is 0. The van der Waals surface area contributed by atoms with E-state index < -0.39 is 17.5 Å². The quantitative estimate of drug-likeness (QED) is 0.529. The molecule has 2 aromatic carbocycles. The van der Waals surface area contributed by atoms with Gasteiger partial charge in [-0.3, -0.25) is 9.20 Å².